The molecule has 1 aliphatic carbocycles. The van der Waals surface area contributed by atoms with E-state index in [1.165, 1.54) is 0 Å². The van der Waals surface area contributed by atoms with Crippen LogP contribution in [0.4, 0.5) is 5.69 Å². The van der Waals surface area contributed by atoms with Crippen LogP contribution >= 0.6 is 0 Å². The molecule has 3 aliphatic rings. The molecule has 38 heavy (non-hydrogen) atoms. The van der Waals surface area contributed by atoms with Crippen molar-refractivity contribution in [3.8, 4) is 5.75 Å². The number of hydrogen-bond acceptors (Lipinski definition) is 6. The van der Waals surface area contributed by atoms with Gasteiger partial charge in [-0.3, -0.25) is 19.4 Å². The predicted octanol–water partition coefficient (Wildman–Crippen LogP) is 3.34. The normalized spacial score (nSPS) is 23.4. The van der Waals surface area contributed by atoms with Crippen LogP contribution in [0.25, 0.3) is 0 Å². The van der Waals surface area contributed by atoms with Gasteiger partial charge in [0, 0.05) is 37.6 Å². The quantitative estimate of drug-likeness (QED) is 0.580. The highest BCUT2D eigenvalue weighted by Gasteiger charge is 2.39. The fraction of sp³-hybridized carbons (Fsp3) is 0.517. The molecule has 9 heteroatoms. The van der Waals surface area contributed by atoms with Crippen molar-refractivity contribution in [3.63, 3.8) is 0 Å². The second-order valence-electron chi connectivity index (χ2n) is 10.5. The van der Waals surface area contributed by atoms with Gasteiger partial charge in [0.25, 0.3) is 5.91 Å². The van der Waals surface area contributed by atoms with Gasteiger partial charge in [0.15, 0.2) is 0 Å². The number of nitrogens with one attached hydrogen (secondary N) is 2. The van der Waals surface area contributed by atoms with Crippen LogP contribution in [-0.2, 0) is 20.7 Å². The lowest BCUT2D eigenvalue weighted by Gasteiger charge is -2.42. The number of likely N-dealkylation sites (N-methyl/N-ethyl adjacent to an activating group) is 1. The van der Waals surface area contributed by atoms with Crippen molar-refractivity contribution in [2.45, 2.75) is 69.6 Å². The molecule has 0 unspecified atom stereocenters. The molecular formula is C29H36N4O5. The van der Waals surface area contributed by atoms with E-state index in [1.807, 2.05) is 12.1 Å². The maximum atomic E-state index is 13.4. The summed E-state index contributed by atoms with van der Waals surface area (Å²) in [5.74, 6) is 0.323. The van der Waals surface area contributed by atoms with E-state index in [9.17, 15) is 14.4 Å². The minimum Gasteiger partial charge on any atom is -0.490 e. The molecule has 2 N–H and O–H groups in total. The molecule has 0 bridgehead atoms. The van der Waals surface area contributed by atoms with Crippen LogP contribution in [-0.4, -0.2) is 66.1 Å². The Morgan fingerprint density at radius 1 is 1.08 bits per heavy atom. The molecule has 2 aliphatic heterocycles. The summed E-state index contributed by atoms with van der Waals surface area (Å²) in [4.78, 5) is 44.3. The topological polar surface area (TPSA) is 110 Å². The Labute approximate surface area is 223 Å². The summed E-state index contributed by atoms with van der Waals surface area (Å²) < 4.78 is 12.3. The molecule has 3 heterocycles. The Bertz CT molecular complexity index is 1150. The zero-order chi connectivity index (χ0) is 26.5. The van der Waals surface area contributed by atoms with Gasteiger partial charge in [0.05, 0.1) is 24.1 Å². The number of anilines is 1. The number of carbonyl (C=O) groups excluding carboxylic acids is 3. The smallest absolute Gasteiger partial charge is 0.257 e. The first-order chi connectivity index (χ1) is 18.5. The van der Waals surface area contributed by atoms with Gasteiger partial charge in [0.1, 0.15) is 18.5 Å². The van der Waals surface area contributed by atoms with Crippen molar-refractivity contribution in [2.75, 3.05) is 25.5 Å². The Kier molecular flexibility index (Phi) is 8.22. The molecule has 1 saturated carbocycles. The van der Waals surface area contributed by atoms with E-state index in [4.69, 9.17) is 9.47 Å². The number of aromatic nitrogens is 1. The molecule has 5 rings (SSSR count). The van der Waals surface area contributed by atoms with Crippen LogP contribution in [0.3, 0.4) is 0 Å². The molecular weight excluding hydrogens is 484 g/mol. The third kappa shape index (κ3) is 6.15. The monoisotopic (exact) mass is 520 g/mol. The first-order valence-electron chi connectivity index (χ1n) is 13.6. The number of ether oxygens (including phenoxy) is 2. The van der Waals surface area contributed by atoms with E-state index in [0.29, 0.717) is 30.0 Å². The van der Waals surface area contributed by atoms with Gasteiger partial charge in [-0.05, 0) is 68.0 Å². The van der Waals surface area contributed by atoms with Gasteiger partial charge < -0.3 is 25.0 Å². The number of hydrogen-bond donors (Lipinski definition) is 2. The summed E-state index contributed by atoms with van der Waals surface area (Å²) >= 11 is 0. The lowest BCUT2D eigenvalue weighted by atomic mass is 9.94. The Hall–Kier alpha value is -3.46. The van der Waals surface area contributed by atoms with Crippen molar-refractivity contribution in [1.82, 2.24) is 15.2 Å². The van der Waals surface area contributed by atoms with Crippen LogP contribution in [0, 0.1) is 5.92 Å². The van der Waals surface area contributed by atoms with Crippen LogP contribution < -0.4 is 15.4 Å². The summed E-state index contributed by atoms with van der Waals surface area (Å²) in [6, 6.07) is 8.95. The zero-order valence-corrected chi connectivity index (χ0v) is 21.9. The van der Waals surface area contributed by atoms with Gasteiger partial charge in [-0.15, -0.1) is 0 Å². The van der Waals surface area contributed by atoms with Crippen molar-refractivity contribution in [1.29, 1.82) is 0 Å². The number of amides is 3. The maximum absolute atomic E-state index is 13.4. The number of rotatable bonds is 7. The standard InChI is InChI=1S/C29H36N4O5/c1-33-24-8-7-22(17-27(34)31-15-12-19-10-13-30-14-11-19)38-26(24)18-37-25-9-6-21(16-23(25)29(33)36)32-28(35)20-4-2-3-5-20/h6,9-11,13-14,16,20,22,24,26H,2-5,7-8,12,15,17-18H2,1H3,(H,31,34)(H,32,35)/t22-,24+,26+/m0/s1. The zero-order valence-electron chi connectivity index (χ0n) is 21.9. The summed E-state index contributed by atoms with van der Waals surface area (Å²) in [6.45, 7) is 0.838. The largest absolute Gasteiger partial charge is 0.490 e. The highest BCUT2D eigenvalue weighted by molar-refractivity contribution is 6.00. The average molecular weight is 521 g/mol. The minimum absolute atomic E-state index is 0.0169. The van der Waals surface area contributed by atoms with E-state index >= 15 is 0 Å². The Balaban J connectivity index is 1.17. The lowest BCUT2D eigenvalue weighted by Crippen LogP contribution is -2.54. The number of carbonyl (C=O) groups is 3. The van der Waals surface area contributed by atoms with E-state index in [-0.39, 0.29) is 54.9 Å². The summed E-state index contributed by atoms with van der Waals surface area (Å²) in [6.07, 6.45) is 9.36. The molecule has 1 aromatic heterocycles. The van der Waals surface area contributed by atoms with Crippen LogP contribution in [0.1, 0.15) is 60.9 Å². The summed E-state index contributed by atoms with van der Waals surface area (Å²) in [5, 5.41) is 5.95. The number of benzene rings is 1. The molecule has 0 spiro atoms. The fourth-order valence-corrected chi connectivity index (χ4v) is 5.71. The molecule has 2 aromatic rings. The van der Waals surface area contributed by atoms with Crippen LogP contribution in [0.15, 0.2) is 42.7 Å². The van der Waals surface area contributed by atoms with Crippen LogP contribution in [0.2, 0.25) is 0 Å². The van der Waals surface area contributed by atoms with Crippen molar-refractivity contribution >= 4 is 23.4 Å². The number of nitrogens with zero attached hydrogens (tertiary/aromatic N) is 2. The maximum Gasteiger partial charge on any atom is 0.257 e. The first-order valence-corrected chi connectivity index (χ1v) is 13.6. The minimum atomic E-state index is -0.331. The molecule has 2 fully saturated rings. The van der Waals surface area contributed by atoms with Gasteiger partial charge in [-0.2, -0.15) is 0 Å². The van der Waals surface area contributed by atoms with E-state index in [0.717, 1.165) is 44.1 Å². The molecule has 1 aromatic carbocycles. The highest BCUT2D eigenvalue weighted by atomic mass is 16.5. The Morgan fingerprint density at radius 3 is 2.66 bits per heavy atom. The molecule has 9 nitrogen and oxygen atoms in total. The third-order valence-corrected chi connectivity index (χ3v) is 7.90. The fourth-order valence-electron chi connectivity index (χ4n) is 5.71. The van der Waals surface area contributed by atoms with E-state index in [1.54, 1.807) is 42.5 Å². The first kappa shape index (κ1) is 26.2. The van der Waals surface area contributed by atoms with Crippen molar-refractivity contribution in [3.05, 3.63) is 53.9 Å². The van der Waals surface area contributed by atoms with E-state index in [2.05, 4.69) is 15.6 Å². The van der Waals surface area contributed by atoms with E-state index < -0.39 is 0 Å². The average Bonchev–Trinajstić information content (AvgIpc) is 3.47. The van der Waals surface area contributed by atoms with Gasteiger partial charge in [0.2, 0.25) is 11.8 Å². The van der Waals surface area contributed by atoms with Crippen molar-refractivity contribution in [2.24, 2.45) is 5.92 Å². The molecule has 3 amide bonds. The number of fused-ring (bicyclic) bond motifs is 2. The molecule has 3 atom stereocenters. The molecule has 202 valence electrons. The number of pyridine rings is 1. The second kappa shape index (κ2) is 11.9. The predicted molar refractivity (Wildman–Crippen MR) is 142 cm³/mol. The Morgan fingerprint density at radius 2 is 1.87 bits per heavy atom. The van der Waals surface area contributed by atoms with Crippen molar-refractivity contribution < 1.29 is 23.9 Å². The SMILES string of the molecule is CN1C(=O)c2cc(NC(=O)C3CCCC3)ccc2OC[C@H]2O[C@H](CC(=O)NCCc3ccncc3)CC[C@H]21. The van der Waals surface area contributed by atoms with Gasteiger partial charge >= 0.3 is 0 Å². The lowest BCUT2D eigenvalue weighted by molar-refractivity contribution is -0.134. The van der Waals surface area contributed by atoms with Gasteiger partial charge in [-0.25, -0.2) is 0 Å². The highest BCUT2D eigenvalue weighted by Crippen LogP contribution is 2.33. The third-order valence-electron chi connectivity index (χ3n) is 7.90. The molecule has 0 radical (unpaired) electrons. The summed E-state index contributed by atoms with van der Waals surface area (Å²) in [7, 11) is 1.79. The summed E-state index contributed by atoms with van der Waals surface area (Å²) in [5.41, 5.74) is 2.17. The van der Waals surface area contributed by atoms with Gasteiger partial charge in [-0.1, -0.05) is 12.8 Å². The molecule has 1 saturated heterocycles. The van der Waals surface area contributed by atoms with Crippen LogP contribution in [0.5, 0.6) is 5.75 Å². The second-order valence-corrected chi connectivity index (χ2v) is 10.5.